The SMILES string of the molecule is CNC(=O)c1c(-c2ccc(F)cc2)oc2nc(CCC(F)(F)F)c(-c3cccc(C(=O)NC(C)(C)C)c3)cc12.N#CCC#N. The fraction of sp³-hybridized carbons (Fsp3) is 0.281. The van der Waals surface area contributed by atoms with E-state index in [0.29, 0.717) is 22.3 Å². The van der Waals surface area contributed by atoms with E-state index in [2.05, 4.69) is 15.6 Å². The summed E-state index contributed by atoms with van der Waals surface area (Å²) in [7, 11) is 1.43. The van der Waals surface area contributed by atoms with E-state index in [1.807, 2.05) is 20.8 Å². The Labute approximate surface area is 251 Å². The monoisotopic (exact) mass is 607 g/mol. The highest BCUT2D eigenvalue weighted by molar-refractivity contribution is 6.11. The molecule has 2 N–H and O–H groups in total. The maximum Gasteiger partial charge on any atom is 0.389 e. The van der Waals surface area contributed by atoms with Gasteiger partial charge in [0.25, 0.3) is 11.8 Å². The zero-order valence-electron chi connectivity index (χ0n) is 24.4. The van der Waals surface area contributed by atoms with Crippen molar-refractivity contribution >= 4 is 22.9 Å². The number of aryl methyl sites for hydroxylation is 1. The number of alkyl halides is 3. The van der Waals surface area contributed by atoms with Gasteiger partial charge in [0.15, 0.2) is 0 Å². The second-order valence-electron chi connectivity index (χ2n) is 10.6. The summed E-state index contributed by atoms with van der Waals surface area (Å²) in [5.74, 6) is -1.24. The Morgan fingerprint density at radius 2 is 1.61 bits per heavy atom. The number of carbonyl (C=O) groups excluding carboxylic acids is 2. The number of furan rings is 1. The number of aromatic nitrogens is 1. The predicted molar refractivity (Wildman–Crippen MR) is 156 cm³/mol. The van der Waals surface area contributed by atoms with Crippen LogP contribution < -0.4 is 10.6 Å². The van der Waals surface area contributed by atoms with Crippen molar-refractivity contribution in [2.24, 2.45) is 0 Å². The smallest absolute Gasteiger partial charge is 0.389 e. The molecule has 0 saturated carbocycles. The van der Waals surface area contributed by atoms with Crippen LogP contribution in [-0.2, 0) is 6.42 Å². The number of rotatable bonds is 6. The number of halogens is 4. The van der Waals surface area contributed by atoms with Gasteiger partial charge in [-0.15, -0.1) is 0 Å². The molecule has 0 saturated heterocycles. The van der Waals surface area contributed by atoms with Crippen LogP contribution in [0.3, 0.4) is 0 Å². The lowest BCUT2D eigenvalue weighted by molar-refractivity contribution is -0.134. The number of hydrogen-bond acceptors (Lipinski definition) is 6. The van der Waals surface area contributed by atoms with Gasteiger partial charge in [-0.05, 0) is 75.2 Å². The summed E-state index contributed by atoms with van der Waals surface area (Å²) in [5.41, 5.74) is 1.16. The van der Waals surface area contributed by atoms with Crippen molar-refractivity contribution < 1.29 is 31.6 Å². The van der Waals surface area contributed by atoms with Crippen molar-refractivity contribution in [3.63, 3.8) is 0 Å². The second kappa shape index (κ2) is 13.8. The van der Waals surface area contributed by atoms with Gasteiger partial charge in [0.1, 0.15) is 18.0 Å². The average molecular weight is 608 g/mol. The van der Waals surface area contributed by atoms with Crippen LogP contribution >= 0.6 is 0 Å². The summed E-state index contributed by atoms with van der Waals surface area (Å²) in [6, 6.07) is 16.6. The normalized spacial score (nSPS) is 11.1. The molecule has 8 nitrogen and oxygen atoms in total. The Hall–Kier alpha value is -5.23. The lowest BCUT2D eigenvalue weighted by Crippen LogP contribution is -2.40. The standard InChI is InChI=1S/C29H27F4N3O3.C3H2N2/c1-28(2,3)36-25(37)18-7-5-6-17(14-18)20-15-21-23(26(38)34-4)24(16-8-10-19(30)11-9-16)39-27(21)35-22(20)12-13-29(31,32)33;4-2-1-3-5/h5-11,14-15H,12-13H2,1-4H3,(H,34,38)(H,36,37);1H2. The number of carbonyl (C=O) groups is 2. The van der Waals surface area contributed by atoms with E-state index < -0.39 is 36.3 Å². The van der Waals surface area contributed by atoms with Gasteiger partial charge in [0, 0.05) is 35.7 Å². The minimum atomic E-state index is -4.43. The average Bonchev–Trinajstić information content (AvgIpc) is 3.33. The van der Waals surface area contributed by atoms with Crippen LogP contribution in [0.2, 0.25) is 0 Å². The molecule has 2 amide bonds. The highest BCUT2D eigenvalue weighted by Gasteiger charge is 2.29. The first-order valence-electron chi connectivity index (χ1n) is 13.4. The third-order valence-corrected chi connectivity index (χ3v) is 6.05. The Morgan fingerprint density at radius 1 is 0.955 bits per heavy atom. The maximum absolute atomic E-state index is 13.5. The van der Waals surface area contributed by atoms with E-state index in [9.17, 15) is 27.2 Å². The first-order chi connectivity index (χ1) is 20.7. The van der Waals surface area contributed by atoms with E-state index in [0.717, 1.165) is 0 Å². The lowest BCUT2D eigenvalue weighted by atomic mass is 9.96. The van der Waals surface area contributed by atoms with Crippen LogP contribution in [0.4, 0.5) is 17.6 Å². The second-order valence-corrected chi connectivity index (χ2v) is 10.6. The Morgan fingerprint density at radius 3 is 2.16 bits per heavy atom. The summed E-state index contributed by atoms with van der Waals surface area (Å²) in [6.07, 6.45) is -6.01. The van der Waals surface area contributed by atoms with Crippen molar-refractivity contribution in [3.8, 4) is 34.6 Å². The largest absolute Gasteiger partial charge is 0.437 e. The highest BCUT2D eigenvalue weighted by Crippen LogP contribution is 2.37. The number of nitrogens with zero attached hydrogens (tertiary/aromatic N) is 3. The molecule has 2 aromatic heterocycles. The molecule has 2 heterocycles. The predicted octanol–water partition coefficient (Wildman–Crippen LogP) is 7.11. The zero-order chi connectivity index (χ0) is 32.7. The zero-order valence-corrected chi connectivity index (χ0v) is 24.4. The first kappa shape index (κ1) is 33.3. The van der Waals surface area contributed by atoms with E-state index in [1.54, 1.807) is 42.5 Å². The summed E-state index contributed by atoms with van der Waals surface area (Å²) in [4.78, 5) is 30.1. The van der Waals surface area contributed by atoms with Gasteiger partial charge < -0.3 is 15.1 Å². The number of amides is 2. The van der Waals surface area contributed by atoms with Gasteiger partial charge in [0.05, 0.1) is 28.8 Å². The van der Waals surface area contributed by atoms with Gasteiger partial charge in [0.2, 0.25) is 5.71 Å². The number of nitriles is 2. The van der Waals surface area contributed by atoms with Crippen molar-refractivity contribution in [1.29, 1.82) is 10.5 Å². The molecule has 228 valence electrons. The molecule has 0 radical (unpaired) electrons. The quantitative estimate of drug-likeness (QED) is 0.225. The van der Waals surface area contributed by atoms with Gasteiger partial charge in [-0.3, -0.25) is 9.59 Å². The molecule has 0 fully saturated rings. The minimum absolute atomic E-state index is 0. The highest BCUT2D eigenvalue weighted by atomic mass is 19.4. The molecule has 0 unspecified atom stereocenters. The van der Waals surface area contributed by atoms with E-state index in [-0.39, 0.29) is 40.4 Å². The third kappa shape index (κ3) is 8.65. The fourth-order valence-electron chi connectivity index (χ4n) is 4.19. The molecular formula is C32H29F4N5O3. The molecule has 4 aromatic rings. The summed E-state index contributed by atoms with van der Waals surface area (Å²) >= 11 is 0. The Balaban J connectivity index is 0.000000978. The number of benzene rings is 2. The number of fused-ring (bicyclic) bond motifs is 1. The number of nitrogens with one attached hydrogen (secondary N) is 2. The summed E-state index contributed by atoms with van der Waals surface area (Å²) < 4.78 is 59.0. The van der Waals surface area contributed by atoms with Crippen molar-refractivity contribution in [1.82, 2.24) is 15.6 Å². The fourth-order valence-corrected chi connectivity index (χ4v) is 4.19. The van der Waals surface area contributed by atoms with Crippen LogP contribution in [0.25, 0.3) is 33.6 Å². The topological polar surface area (TPSA) is 132 Å². The van der Waals surface area contributed by atoms with Gasteiger partial charge in [-0.2, -0.15) is 23.7 Å². The Kier molecular flexibility index (Phi) is 10.5. The first-order valence-corrected chi connectivity index (χ1v) is 13.4. The molecular weight excluding hydrogens is 578 g/mol. The van der Waals surface area contributed by atoms with Crippen LogP contribution in [0.15, 0.2) is 59.0 Å². The van der Waals surface area contributed by atoms with Crippen LogP contribution in [0.1, 0.15) is 60.0 Å². The van der Waals surface area contributed by atoms with Gasteiger partial charge in [-0.1, -0.05) is 12.1 Å². The molecule has 44 heavy (non-hydrogen) atoms. The van der Waals surface area contributed by atoms with Gasteiger partial charge in [-0.25, -0.2) is 9.37 Å². The Bertz CT molecular complexity index is 1730. The molecule has 2 aromatic carbocycles. The van der Waals surface area contributed by atoms with E-state index in [4.69, 9.17) is 14.9 Å². The maximum atomic E-state index is 13.5. The molecule has 0 spiro atoms. The lowest BCUT2D eigenvalue weighted by Gasteiger charge is -2.20. The molecule has 0 aliphatic carbocycles. The van der Waals surface area contributed by atoms with Crippen LogP contribution in [0, 0.1) is 28.5 Å². The molecule has 0 bridgehead atoms. The number of pyridine rings is 1. The van der Waals surface area contributed by atoms with Crippen LogP contribution in [0.5, 0.6) is 0 Å². The van der Waals surface area contributed by atoms with Crippen molar-refractivity contribution in [2.45, 2.75) is 51.7 Å². The van der Waals surface area contributed by atoms with Crippen LogP contribution in [-0.4, -0.2) is 35.6 Å². The van der Waals surface area contributed by atoms with Crippen molar-refractivity contribution in [2.75, 3.05) is 7.05 Å². The molecule has 12 heteroatoms. The van der Waals surface area contributed by atoms with E-state index in [1.165, 1.54) is 31.3 Å². The minimum Gasteiger partial charge on any atom is -0.437 e. The molecule has 0 aliphatic heterocycles. The number of hydrogen-bond donors (Lipinski definition) is 2. The van der Waals surface area contributed by atoms with Crippen molar-refractivity contribution in [3.05, 3.63) is 77.2 Å². The molecule has 4 rings (SSSR count). The summed E-state index contributed by atoms with van der Waals surface area (Å²) in [5, 5.41) is 20.9. The van der Waals surface area contributed by atoms with E-state index >= 15 is 0 Å². The molecule has 0 aliphatic rings. The summed E-state index contributed by atoms with van der Waals surface area (Å²) in [6.45, 7) is 5.50. The molecule has 0 atom stereocenters. The van der Waals surface area contributed by atoms with Gasteiger partial charge >= 0.3 is 6.18 Å². The third-order valence-electron chi connectivity index (χ3n) is 6.05.